The predicted molar refractivity (Wildman–Crippen MR) is 101 cm³/mol. The third-order valence-electron chi connectivity index (χ3n) is 4.91. The summed E-state index contributed by atoms with van der Waals surface area (Å²) < 4.78 is 1.92. The SMILES string of the molecule is Cn1cnc2nc(NC3CCCN(c4nc5ccccc5[nH]4)C3)ncc21. The molecule has 1 unspecified atom stereocenters. The van der Waals surface area contributed by atoms with E-state index >= 15 is 0 Å². The standard InChI is InChI=1S/C18H20N8/c1-25-11-20-16-15(25)9-19-17(24-16)21-12-5-4-8-26(10-12)18-22-13-6-2-3-7-14(13)23-18/h2-3,6-7,9,11-12H,4-5,8,10H2,1H3,(H,22,23)(H,19,21,24). The number of imidazole rings is 2. The van der Waals surface area contributed by atoms with E-state index in [1.807, 2.05) is 36.0 Å². The van der Waals surface area contributed by atoms with Crippen LogP contribution in [0.3, 0.4) is 0 Å². The fourth-order valence-electron chi connectivity index (χ4n) is 3.54. The molecular weight excluding hydrogens is 328 g/mol. The number of rotatable bonds is 3. The first-order valence-electron chi connectivity index (χ1n) is 8.86. The van der Waals surface area contributed by atoms with Crippen molar-refractivity contribution in [2.45, 2.75) is 18.9 Å². The van der Waals surface area contributed by atoms with Gasteiger partial charge in [-0.05, 0) is 25.0 Å². The summed E-state index contributed by atoms with van der Waals surface area (Å²) in [4.78, 5) is 23.7. The first-order valence-corrected chi connectivity index (χ1v) is 8.86. The van der Waals surface area contributed by atoms with E-state index in [0.717, 1.165) is 54.1 Å². The van der Waals surface area contributed by atoms with Crippen molar-refractivity contribution in [2.75, 3.05) is 23.3 Å². The van der Waals surface area contributed by atoms with Crippen LogP contribution in [0.2, 0.25) is 0 Å². The Bertz CT molecular complexity index is 1030. The zero-order valence-corrected chi connectivity index (χ0v) is 14.6. The molecule has 1 aliphatic heterocycles. The summed E-state index contributed by atoms with van der Waals surface area (Å²) in [6.07, 6.45) is 5.76. The monoisotopic (exact) mass is 348 g/mol. The Balaban J connectivity index is 1.34. The lowest BCUT2D eigenvalue weighted by Crippen LogP contribution is -2.43. The molecule has 1 aromatic carbocycles. The van der Waals surface area contributed by atoms with Crippen molar-refractivity contribution in [2.24, 2.45) is 7.05 Å². The average Bonchev–Trinajstić information content (AvgIpc) is 3.26. The lowest BCUT2D eigenvalue weighted by molar-refractivity contribution is 0.522. The summed E-state index contributed by atoms with van der Waals surface area (Å²) in [7, 11) is 1.94. The van der Waals surface area contributed by atoms with Crippen molar-refractivity contribution in [3.63, 3.8) is 0 Å². The van der Waals surface area contributed by atoms with Crippen molar-refractivity contribution in [1.29, 1.82) is 0 Å². The van der Waals surface area contributed by atoms with Gasteiger partial charge in [0.2, 0.25) is 11.9 Å². The molecule has 1 fully saturated rings. The van der Waals surface area contributed by atoms with Crippen LogP contribution in [0.4, 0.5) is 11.9 Å². The van der Waals surface area contributed by atoms with Crippen LogP contribution >= 0.6 is 0 Å². The second-order valence-corrected chi connectivity index (χ2v) is 6.76. The normalized spacial score (nSPS) is 17.9. The molecule has 0 aliphatic carbocycles. The van der Waals surface area contributed by atoms with E-state index in [2.05, 4.69) is 36.2 Å². The molecule has 26 heavy (non-hydrogen) atoms. The van der Waals surface area contributed by atoms with Crippen LogP contribution in [0.15, 0.2) is 36.8 Å². The molecule has 1 aliphatic rings. The van der Waals surface area contributed by atoms with Gasteiger partial charge in [0.25, 0.3) is 0 Å². The van der Waals surface area contributed by atoms with Crippen LogP contribution in [0.1, 0.15) is 12.8 Å². The van der Waals surface area contributed by atoms with Gasteiger partial charge < -0.3 is 19.8 Å². The summed E-state index contributed by atoms with van der Waals surface area (Å²) in [5.41, 5.74) is 3.72. The molecule has 0 radical (unpaired) electrons. The van der Waals surface area contributed by atoms with Crippen LogP contribution in [-0.4, -0.2) is 48.6 Å². The van der Waals surface area contributed by atoms with E-state index in [0.29, 0.717) is 5.95 Å². The van der Waals surface area contributed by atoms with Crippen LogP contribution < -0.4 is 10.2 Å². The molecule has 4 heterocycles. The smallest absolute Gasteiger partial charge is 0.225 e. The average molecular weight is 348 g/mol. The number of piperidine rings is 1. The molecule has 4 aromatic rings. The molecule has 0 bridgehead atoms. The minimum atomic E-state index is 0.276. The van der Waals surface area contributed by atoms with E-state index in [4.69, 9.17) is 4.98 Å². The Hall–Kier alpha value is -3.16. The number of H-pyrrole nitrogens is 1. The second kappa shape index (κ2) is 5.98. The van der Waals surface area contributed by atoms with E-state index in [9.17, 15) is 0 Å². The van der Waals surface area contributed by atoms with E-state index in [1.54, 1.807) is 6.33 Å². The number of nitrogens with one attached hydrogen (secondary N) is 2. The molecule has 0 spiro atoms. The van der Waals surface area contributed by atoms with Gasteiger partial charge in [-0.25, -0.2) is 15.0 Å². The van der Waals surface area contributed by atoms with Crippen molar-refractivity contribution in [3.05, 3.63) is 36.8 Å². The third-order valence-corrected chi connectivity index (χ3v) is 4.91. The summed E-state index contributed by atoms with van der Waals surface area (Å²) in [5.74, 6) is 1.56. The highest BCUT2D eigenvalue weighted by atomic mass is 15.3. The van der Waals surface area contributed by atoms with Gasteiger partial charge in [-0.15, -0.1) is 0 Å². The third kappa shape index (κ3) is 2.63. The lowest BCUT2D eigenvalue weighted by atomic mass is 10.1. The lowest BCUT2D eigenvalue weighted by Gasteiger charge is -2.32. The van der Waals surface area contributed by atoms with Crippen LogP contribution in [0.25, 0.3) is 22.2 Å². The van der Waals surface area contributed by atoms with Gasteiger partial charge in [-0.3, -0.25) is 0 Å². The molecule has 1 saturated heterocycles. The number of anilines is 2. The summed E-state index contributed by atoms with van der Waals surface area (Å²) in [5, 5.41) is 3.46. The fourth-order valence-corrected chi connectivity index (χ4v) is 3.54. The maximum absolute atomic E-state index is 4.72. The Morgan fingerprint density at radius 3 is 3.04 bits per heavy atom. The number of fused-ring (bicyclic) bond motifs is 2. The topological polar surface area (TPSA) is 87.5 Å². The Kier molecular flexibility index (Phi) is 3.48. The minimum Gasteiger partial charge on any atom is -0.350 e. The Morgan fingerprint density at radius 1 is 1.19 bits per heavy atom. The molecule has 5 rings (SSSR count). The van der Waals surface area contributed by atoms with Gasteiger partial charge in [-0.1, -0.05) is 12.1 Å². The largest absolute Gasteiger partial charge is 0.350 e. The summed E-state index contributed by atoms with van der Waals surface area (Å²) >= 11 is 0. The van der Waals surface area contributed by atoms with Crippen molar-refractivity contribution in [1.82, 2.24) is 29.5 Å². The van der Waals surface area contributed by atoms with Crippen molar-refractivity contribution in [3.8, 4) is 0 Å². The summed E-state index contributed by atoms with van der Waals surface area (Å²) in [6.45, 7) is 1.86. The number of aromatic nitrogens is 6. The number of aryl methyl sites for hydroxylation is 1. The number of benzene rings is 1. The zero-order chi connectivity index (χ0) is 17.5. The maximum atomic E-state index is 4.72. The molecule has 132 valence electrons. The number of hydrogen-bond acceptors (Lipinski definition) is 6. The molecule has 3 aromatic heterocycles. The van der Waals surface area contributed by atoms with Gasteiger partial charge in [0, 0.05) is 26.2 Å². The van der Waals surface area contributed by atoms with Crippen molar-refractivity contribution < 1.29 is 0 Å². The van der Waals surface area contributed by atoms with Gasteiger partial charge in [-0.2, -0.15) is 4.98 Å². The molecular formula is C18H20N8. The number of aromatic amines is 1. The molecule has 2 N–H and O–H groups in total. The summed E-state index contributed by atoms with van der Waals surface area (Å²) in [6, 6.07) is 8.40. The second-order valence-electron chi connectivity index (χ2n) is 6.76. The molecule has 8 nitrogen and oxygen atoms in total. The molecule has 8 heteroatoms. The molecule has 0 saturated carbocycles. The van der Waals surface area contributed by atoms with Crippen molar-refractivity contribution >= 4 is 34.1 Å². The maximum Gasteiger partial charge on any atom is 0.225 e. The number of nitrogens with zero attached hydrogens (tertiary/aromatic N) is 6. The quantitative estimate of drug-likeness (QED) is 0.591. The number of hydrogen-bond donors (Lipinski definition) is 2. The van der Waals surface area contributed by atoms with Crippen LogP contribution in [0.5, 0.6) is 0 Å². The van der Waals surface area contributed by atoms with Gasteiger partial charge >= 0.3 is 0 Å². The fraction of sp³-hybridized carbons (Fsp3) is 0.333. The zero-order valence-electron chi connectivity index (χ0n) is 14.6. The minimum absolute atomic E-state index is 0.276. The highest BCUT2D eigenvalue weighted by Crippen LogP contribution is 2.22. The Labute approximate surface area is 150 Å². The Morgan fingerprint density at radius 2 is 2.12 bits per heavy atom. The highest BCUT2D eigenvalue weighted by Gasteiger charge is 2.23. The van der Waals surface area contributed by atoms with E-state index in [-0.39, 0.29) is 6.04 Å². The van der Waals surface area contributed by atoms with E-state index < -0.39 is 0 Å². The van der Waals surface area contributed by atoms with E-state index in [1.165, 1.54) is 0 Å². The first kappa shape index (κ1) is 15.1. The first-order chi connectivity index (χ1) is 12.8. The van der Waals surface area contributed by atoms with Gasteiger partial charge in [0.15, 0.2) is 5.65 Å². The molecule has 1 atom stereocenters. The van der Waals surface area contributed by atoms with Crippen LogP contribution in [0, 0.1) is 0 Å². The van der Waals surface area contributed by atoms with Gasteiger partial charge in [0.05, 0.1) is 23.6 Å². The number of para-hydroxylation sites is 2. The van der Waals surface area contributed by atoms with Gasteiger partial charge in [0.1, 0.15) is 5.52 Å². The van der Waals surface area contributed by atoms with Crippen LogP contribution in [-0.2, 0) is 7.05 Å². The molecule has 0 amide bonds. The highest BCUT2D eigenvalue weighted by molar-refractivity contribution is 5.77. The predicted octanol–water partition coefficient (Wildman–Crippen LogP) is 2.32.